The molecule has 1 fully saturated rings. The first kappa shape index (κ1) is 10.6. The van der Waals surface area contributed by atoms with E-state index in [0.29, 0.717) is 5.57 Å². The van der Waals surface area contributed by atoms with Crippen molar-refractivity contribution in [2.75, 3.05) is 21.2 Å². The summed E-state index contributed by atoms with van der Waals surface area (Å²) in [5, 5.41) is 0. The molecule has 0 aromatic rings. The lowest BCUT2D eigenvalue weighted by Crippen LogP contribution is -2.21. The SMILES string of the molecule is COC(=O)[C@@H]1C/C(=C/N(C)C)C(=O)O1. The van der Waals surface area contributed by atoms with Crippen LogP contribution in [0.15, 0.2) is 11.8 Å². The molecule has 1 saturated heterocycles. The third-order valence-electron chi connectivity index (χ3n) is 1.79. The van der Waals surface area contributed by atoms with Crippen molar-refractivity contribution in [1.29, 1.82) is 0 Å². The number of ether oxygens (including phenoxy) is 2. The first-order chi connectivity index (χ1) is 6.54. The number of carbonyl (C=O) groups excluding carboxylic acids is 2. The minimum atomic E-state index is -0.779. The molecule has 0 aliphatic carbocycles. The number of nitrogens with zero attached hydrogens (tertiary/aromatic N) is 1. The predicted octanol–water partition coefficient (Wildman–Crippen LogP) is -0.0796. The van der Waals surface area contributed by atoms with Gasteiger partial charge in [-0.1, -0.05) is 0 Å². The van der Waals surface area contributed by atoms with Gasteiger partial charge in [0.15, 0.2) is 0 Å². The molecular formula is C9H13NO4. The van der Waals surface area contributed by atoms with Gasteiger partial charge in [-0.05, 0) is 0 Å². The summed E-state index contributed by atoms with van der Waals surface area (Å²) in [6.45, 7) is 0. The number of cyclic esters (lactones) is 1. The van der Waals surface area contributed by atoms with Crippen LogP contribution in [0, 0.1) is 0 Å². The Kier molecular flexibility index (Phi) is 3.11. The lowest BCUT2D eigenvalue weighted by molar-refractivity contribution is -0.158. The molecule has 0 saturated carbocycles. The summed E-state index contributed by atoms with van der Waals surface area (Å²) in [4.78, 5) is 24.0. The first-order valence-corrected chi connectivity index (χ1v) is 4.20. The third kappa shape index (κ3) is 2.25. The Morgan fingerprint density at radius 3 is 2.79 bits per heavy atom. The van der Waals surface area contributed by atoms with E-state index in [1.54, 1.807) is 25.2 Å². The first-order valence-electron chi connectivity index (χ1n) is 4.20. The van der Waals surface area contributed by atoms with Crippen molar-refractivity contribution in [1.82, 2.24) is 4.90 Å². The molecule has 0 N–H and O–H groups in total. The summed E-state index contributed by atoms with van der Waals surface area (Å²) in [7, 11) is 4.86. The van der Waals surface area contributed by atoms with Gasteiger partial charge >= 0.3 is 11.9 Å². The maximum absolute atomic E-state index is 11.2. The van der Waals surface area contributed by atoms with Crippen LogP contribution in [0.2, 0.25) is 0 Å². The molecule has 0 unspecified atom stereocenters. The van der Waals surface area contributed by atoms with Gasteiger partial charge in [0, 0.05) is 26.7 Å². The highest BCUT2D eigenvalue weighted by molar-refractivity contribution is 5.95. The Labute approximate surface area is 82.3 Å². The number of carbonyl (C=O) groups is 2. The van der Waals surface area contributed by atoms with E-state index in [1.165, 1.54) is 7.11 Å². The van der Waals surface area contributed by atoms with Gasteiger partial charge < -0.3 is 14.4 Å². The molecule has 0 bridgehead atoms. The molecular weight excluding hydrogens is 186 g/mol. The van der Waals surface area contributed by atoms with Crippen molar-refractivity contribution in [3.63, 3.8) is 0 Å². The minimum Gasteiger partial charge on any atom is -0.466 e. The number of rotatable bonds is 2. The van der Waals surface area contributed by atoms with E-state index in [2.05, 4.69) is 4.74 Å². The van der Waals surface area contributed by atoms with Gasteiger partial charge in [-0.15, -0.1) is 0 Å². The van der Waals surface area contributed by atoms with Gasteiger partial charge in [-0.3, -0.25) is 0 Å². The van der Waals surface area contributed by atoms with Crippen molar-refractivity contribution in [2.45, 2.75) is 12.5 Å². The molecule has 0 amide bonds. The fraction of sp³-hybridized carbons (Fsp3) is 0.556. The van der Waals surface area contributed by atoms with Crippen LogP contribution in [0.4, 0.5) is 0 Å². The van der Waals surface area contributed by atoms with Crippen molar-refractivity contribution < 1.29 is 19.1 Å². The fourth-order valence-electron chi connectivity index (χ4n) is 1.21. The maximum atomic E-state index is 11.2. The zero-order valence-electron chi connectivity index (χ0n) is 8.44. The van der Waals surface area contributed by atoms with Gasteiger partial charge in [0.2, 0.25) is 6.10 Å². The zero-order chi connectivity index (χ0) is 10.7. The second-order valence-corrected chi connectivity index (χ2v) is 3.24. The van der Waals surface area contributed by atoms with Gasteiger partial charge in [0.1, 0.15) is 0 Å². The van der Waals surface area contributed by atoms with E-state index in [9.17, 15) is 9.59 Å². The van der Waals surface area contributed by atoms with Crippen LogP contribution in [0.5, 0.6) is 0 Å². The van der Waals surface area contributed by atoms with Crippen LogP contribution in [-0.2, 0) is 19.1 Å². The van der Waals surface area contributed by atoms with Gasteiger partial charge in [-0.2, -0.15) is 0 Å². The van der Waals surface area contributed by atoms with Crippen molar-refractivity contribution in [2.24, 2.45) is 0 Å². The van der Waals surface area contributed by atoms with E-state index in [4.69, 9.17) is 4.74 Å². The van der Waals surface area contributed by atoms with Crippen molar-refractivity contribution >= 4 is 11.9 Å². The topological polar surface area (TPSA) is 55.8 Å². The van der Waals surface area contributed by atoms with Crippen LogP contribution < -0.4 is 0 Å². The summed E-state index contributed by atoms with van der Waals surface area (Å²) in [6, 6.07) is 0. The molecule has 5 nitrogen and oxygen atoms in total. The summed E-state index contributed by atoms with van der Waals surface area (Å²) in [5.41, 5.74) is 0.491. The lowest BCUT2D eigenvalue weighted by Gasteiger charge is -2.04. The predicted molar refractivity (Wildman–Crippen MR) is 48.3 cm³/mol. The molecule has 0 aromatic carbocycles. The summed E-state index contributed by atoms with van der Waals surface area (Å²) in [5.74, 6) is -0.963. The van der Waals surface area contributed by atoms with E-state index in [1.807, 2.05) is 0 Å². The van der Waals surface area contributed by atoms with Crippen LogP contribution >= 0.6 is 0 Å². The van der Waals surface area contributed by atoms with Crippen LogP contribution in [0.25, 0.3) is 0 Å². The van der Waals surface area contributed by atoms with E-state index in [0.717, 1.165) is 0 Å². The van der Waals surface area contributed by atoms with Gasteiger partial charge in [0.05, 0.1) is 12.7 Å². The van der Waals surface area contributed by atoms with Gasteiger partial charge in [-0.25, -0.2) is 9.59 Å². The Bertz CT molecular complexity index is 283. The summed E-state index contributed by atoms with van der Waals surface area (Å²) < 4.78 is 9.30. The highest BCUT2D eigenvalue weighted by atomic mass is 16.6. The molecule has 1 aliphatic rings. The molecule has 14 heavy (non-hydrogen) atoms. The third-order valence-corrected chi connectivity index (χ3v) is 1.79. The van der Waals surface area contributed by atoms with Crippen LogP contribution in [0.3, 0.4) is 0 Å². The number of hydrogen-bond acceptors (Lipinski definition) is 5. The molecule has 0 aromatic heterocycles. The molecule has 5 heteroatoms. The highest BCUT2D eigenvalue weighted by Crippen LogP contribution is 2.21. The number of hydrogen-bond donors (Lipinski definition) is 0. The molecule has 1 atom stereocenters. The summed E-state index contributed by atoms with van der Waals surface area (Å²) in [6.07, 6.45) is 1.15. The molecule has 1 rings (SSSR count). The second kappa shape index (κ2) is 4.13. The van der Waals surface area contributed by atoms with Crippen molar-refractivity contribution in [3.05, 3.63) is 11.8 Å². The van der Waals surface area contributed by atoms with E-state index in [-0.39, 0.29) is 6.42 Å². The van der Waals surface area contributed by atoms with Crippen molar-refractivity contribution in [3.8, 4) is 0 Å². The molecule has 0 radical (unpaired) electrons. The quantitative estimate of drug-likeness (QED) is 0.460. The average molecular weight is 199 g/mol. The smallest absolute Gasteiger partial charge is 0.347 e. The average Bonchev–Trinajstić information content (AvgIpc) is 2.46. The standard InChI is InChI=1S/C9H13NO4/c1-10(2)5-6-4-7(9(12)13-3)14-8(6)11/h5,7H,4H2,1-3H3/b6-5-/t7-/m0/s1. The molecule has 1 heterocycles. The fourth-order valence-corrected chi connectivity index (χ4v) is 1.21. The van der Waals surface area contributed by atoms with Crippen LogP contribution in [-0.4, -0.2) is 44.1 Å². The summed E-state index contributed by atoms with van der Waals surface area (Å²) >= 11 is 0. The molecule has 78 valence electrons. The minimum absolute atomic E-state index is 0.281. The Morgan fingerprint density at radius 1 is 1.64 bits per heavy atom. The maximum Gasteiger partial charge on any atom is 0.347 e. The second-order valence-electron chi connectivity index (χ2n) is 3.24. The molecule has 0 spiro atoms. The van der Waals surface area contributed by atoms with E-state index >= 15 is 0 Å². The monoisotopic (exact) mass is 199 g/mol. The number of methoxy groups -OCH3 is 1. The van der Waals surface area contributed by atoms with E-state index < -0.39 is 18.0 Å². The van der Waals surface area contributed by atoms with Crippen LogP contribution in [0.1, 0.15) is 6.42 Å². The largest absolute Gasteiger partial charge is 0.466 e. The normalized spacial score (nSPS) is 23.5. The molecule has 1 aliphatic heterocycles. The Hall–Kier alpha value is -1.52. The Balaban J connectivity index is 2.69. The zero-order valence-corrected chi connectivity index (χ0v) is 8.44. The number of esters is 2. The lowest BCUT2D eigenvalue weighted by atomic mass is 10.2. The Morgan fingerprint density at radius 2 is 2.29 bits per heavy atom. The highest BCUT2D eigenvalue weighted by Gasteiger charge is 2.34. The van der Waals surface area contributed by atoms with Gasteiger partial charge in [0.25, 0.3) is 0 Å².